The third-order valence-electron chi connectivity index (χ3n) is 3.40. The minimum Gasteiger partial charge on any atom is -0.347 e. The molecule has 0 aromatic heterocycles. The third-order valence-corrected chi connectivity index (χ3v) is 3.40. The molecule has 164 valence electrons. The predicted octanol–water partition coefficient (Wildman–Crippen LogP) is -4.73. The monoisotopic (exact) mass is 415 g/mol. The molecule has 0 unspecified atom stereocenters. The lowest BCUT2D eigenvalue weighted by molar-refractivity contribution is -0.132. The van der Waals surface area contributed by atoms with Crippen molar-refractivity contribution in [1.29, 1.82) is 0 Å². The zero-order valence-electron chi connectivity index (χ0n) is 16.8. The smallest absolute Gasteiger partial charge is 0.241 e. The van der Waals surface area contributed by atoms with Gasteiger partial charge in [-0.05, 0) is 7.05 Å². The van der Waals surface area contributed by atoms with Gasteiger partial charge in [0.15, 0.2) is 0 Å². The highest BCUT2D eigenvalue weighted by molar-refractivity contribution is 5.91. The first-order chi connectivity index (χ1) is 13.6. The van der Waals surface area contributed by atoms with Gasteiger partial charge in [-0.25, -0.2) is 0 Å². The number of rotatable bonds is 13. The maximum atomic E-state index is 11.8. The average Bonchev–Trinajstić information content (AvgIpc) is 2.69. The summed E-state index contributed by atoms with van der Waals surface area (Å²) in [6.07, 6.45) is 0. The van der Waals surface area contributed by atoms with E-state index < -0.39 is 23.6 Å². The SMILES string of the molecule is CNCCN(C)C(=O)CNC(=O)CNC(=O)CNC(=O)CNC(=O)CNC(C)=O. The number of carbonyl (C=O) groups is 6. The van der Waals surface area contributed by atoms with Gasteiger partial charge in [0.05, 0.1) is 32.7 Å². The summed E-state index contributed by atoms with van der Waals surface area (Å²) in [6.45, 7) is 0.813. The number of likely N-dealkylation sites (N-methyl/N-ethyl adjacent to an activating group) is 2. The van der Waals surface area contributed by atoms with Crippen molar-refractivity contribution in [3.05, 3.63) is 0 Å². The van der Waals surface area contributed by atoms with Gasteiger partial charge in [-0.15, -0.1) is 0 Å². The van der Waals surface area contributed by atoms with E-state index in [1.807, 2.05) is 0 Å². The van der Waals surface area contributed by atoms with E-state index in [0.717, 1.165) is 0 Å². The molecule has 0 aliphatic heterocycles. The molecule has 0 radical (unpaired) electrons. The van der Waals surface area contributed by atoms with E-state index in [4.69, 9.17) is 0 Å². The van der Waals surface area contributed by atoms with Crippen molar-refractivity contribution in [1.82, 2.24) is 36.8 Å². The molecule has 0 bridgehead atoms. The molecular weight excluding hydrogens is 386 g/mol. The maximum absolute atomic E-state index is 11.8. The molecule has 6 N–H and O–H groups in total. The number of hydrogen-bond acceptors (Lipinski definition) is 7. The second kappa shape index (κ2) is 14.8. The van der Waals surface area contributed by atoms with Crippen LogP contribution in [-0.2, 0) is 28.8 Å². The van der Waals surface area contributed by atoms with Gasteiger partial charge in [-0.3, -0.25) is 28.8 Å². The Morgan fingerprint density at radius 1 is 0.655 bits per heavy atom. The summed E-state index contributed by atoms with van der Waals surface area (Å²) in [5, 5.41) is 14.4. The van der Waals surface area contributed by atoms with E-state index in [1.165, 1.54) is 11.8 Å². The summed E-state index contributed by atoms with van der Waals surface area (Å²) in [6, 6.07) is 0. The molecule has 0 aliphatic carbocycles. The molecule has 0 rings (SSSR count). The number of nitrogens with one attached hydrogen (secondary N) is 6. The highest BCUT2D eigenvalue weighted by atomic mass is 16.2. The molecule has 0 atom stereocenters. The molecule has 0 spiro atoms. The van der Waals surface area contributed by atoms with Crippen molar-refractivity contribution in [3.63, 3.8) is 0 Å². The Morgan fingerprint density at radius 2 is 1.03 bits per heavy atom. The lowest BCUT2D eigenvalue weighted by atomic mass is 10.4. The van der Waals surface area contributed by atoms with Crippen molar-refractivity contribution in [2.24, 2.45) is 0 Å². The Morgan fingerprint density at radius 3 is 1.41 bits per heavy atom. The van der Waals surface area contributed by atoms with Crippen LogP contribution in [0.4, 0.5) is 0 Å². The summed E-state index contributed by atoms with van der Waals surface area (Å²) < 4.78 is 0. The van der Waals surface area contributed by atoms with Crippen LogP contribution >= 0.6 is 0 Å². The second-order valence-electron chi connectivity index (χ2n) is 5.94. The first-order valence-electron chi connectivity index (χ1n) is 8.85. The van der Waals surface area contributed by atoms with Crippen LogP contribution in [0, 0.1) is 0 Å². The van der Waals surface area contributed by atoms with Gasteiger partial charge >= 0.3 is 0 Å². The van der Waals surface area contributed by atoms with Gasteiger partial charge in [0.2, 0.25) is 35.4 Å². The highest BCUT2D eigenvalue weighted by Gasteiger charge is 2.12. The Bertz CT molecular complexity index is 611. The van der Waals surface area contributed by atoms with Crippen LogP contribution < -0.4 is 31.9 Å². The zero-order valence-corrected chi connectivity index (χ0v) is 16.8. The molecule has 29 heavy (non-hydrogen) atoms. The minimum atomic E-state index is -0.615. The average molecular weight is 415 g/mol. The normalized spacial score (nSPS) is 9.76. The van der Waals surface area contributed by atoms with Crippen LogP contribution in [0.15, 0.2) is 0 Å². The first kappa shape index (κ1) is 25.8. The Kier molecular flexibility index (Phi) is 13.1. The topological polar surface area (TPSA) is 178 Å². The van der Waals surface area contributed by atoms with Crippen molar-refractivity contribution in [2.45, 2.75) is 6.92 Å². The number of hydrogen-bond donors (Lipinski definition) is 6. The van der Waals surface area contributed by atoms with E-state index >= 15 is 0 Å². The Balaban J connectivity index is 3.90. The van der Waals surface area contributed by atoms with Crippen LogP contribution in [0.5, 0.6) is 0 Å². The van der Waals surface area contributed by atoms with Gasteiger partial charge in [0.25, 0.3) is 0 Å². The highest BCUT2D eigenvalue weighted by Crippen LogP contribution is 1.82. The fraction of sp³-hybridized carbons (Fsp3) is 0.625. The number of carbonyl (C=O) groups excluding carboxylic acids is 6. The van der Waals surface area contributed by atoms with E-state index in [2.05, 4.69) is 31.9 Å². The Hall–Kier alpha value is -3.22. The molecule has 0 aromatic carbocycles. The Labute approximate surface area is 168 Å². The molecule has 13 heteroatoms. The molecule has 0 aliphatic rings. The van der Waals surface area contributed by atoms with Crippen LogP contribution in [-0.4, -0.2) is 100 Å². The molecule has 0 saturated heterocycles. The first-order valence-corrected chi connectivity index (χ1v) is 8.85. The van der Waals surface area contributed by atoms with Gasteiger partial charge < -0.3 is 36.8 Å². The van der Waals surface area contributed by atoms with Crippen molar-refractivity contribution in [2.75, 3.05) is 59.9 Å². The van der Waals surface area contributed by atoms with E-state index in [0.29, 0.717) is 13.1 Å². The predicted molar refractivity (Wildman–Crippen MR) is 102 cm³/mol. The summed E-state index contributed by atoms with van der Waals surface area (Å²) in [5.41, 5.74) is 0. The van der Waals surface area contributed by atoms with Gasteiger partial charge in [-0.1, -0.05) is 0 Å². The summed E-state index contributed by atoms with van der Waals surface area (Å²) in [5.74, 6) is -2.98. The van der Waals surface area contributed by atoms with Crippen molar-refractivity contribution < 1.29 is 28.8 Å². The zero-order chi connectivity index (χ0) is 22.2. The van der Waals surface area contributed by atoms with Crippen LogP contribution in [0.25, 0.3) is 0 Å². The molecule has 13 nitrogen and oxygen atoms in total. The molecule has 0 aromatic rings. The number of nitrogens with zero attached hydrogens (tertiary/aromatic N) is 1. The van der Waals surface area contributed by atoms with Crippen LogP contribution in [0.1, 0.15) is 6.92 Å². The second-order valence-corrected chi connectivity index (χ2v) is 5.94. The summed E-state index contributed by atoms with van der Waals surface area (Å²) in [7, 11) is 3.37. The fourth-order valence-electron chi connectivity index (χ4n) is 1.70. The van der Waals surface area contributed by atoms with Crippen molar-refractivity contribution >= 4 is 35.4 Å². The van der Waals surface area contributed by atoms with Crippen LogP contribution in [0.3, 0.4) is 0 Å². The summed E-state index contributed by atoms with van der Waals surface area (Å²) >= 11 is 0. The molecular formula is C16H29N7O6. The van der Waals surface area contributed by atoms with Gasteiger partial charge in [0, 0.05) is 27.1 Å². The van der Waals surface area contributed by atoms with Gasteiger partial charge in [0.1, 0.15) is 0 Å². The third kappa shape index (κ3) is 14.5. The van der Waals surface area contributed by atoms with Crippen LogP contribution in [0.2, 0.25) is 0 Å². The number of amides is 6. The lowest BCUT2D eigenvalue weighted by Crippen LogP contribution is -2.46. The quantitative estimate of drug-likeness (QED) is 0.175. The van der Waals surface area contributed by atoms with E-state index in [9.17, 15) is 28.8 Å². The van der Waals surface area contributed by atoms with E-state index in [1.54, 1.807) is 14.1 Å². The fourth-order valence-corrected chi connectivity index (χ4v) is 1.70. The molecule has 6 amide bonds. The lowest BCUT2D eigenvalue weighted by Gasteiger charge is -2.17. The van der Waals surface area contributed by atoms with Crippen molar-refractivity contribution in [3.8, 4) is 0 Å². The van der Waals surface area contributed by atoms with E-state index in [-0.39, 0.29) is 44.5 Å². The maximum Gasteiger partial charge on any atom is 0.241 e. The molecule has 0 heterocycles. The summed E-state index contributed by atoms with van der Waals surface area (Å²) in [4.78, 5) is 69.9. The largest absolute Gasteiger partial charge is 0.347 e. The standard InChI is InChI=1S/C16H29N7O6/c1-11(24)18-6-12(25)19-7-13(26)20-8-14(27)21-9-15(28)22-10-16(29)23(3)5-4-17-2/h17H,4-10H2,1-3H3,(H,18,24)(H,19,25)(H,20,26)(H,21,27)(H,22,28). The molecule has 0 saturated carbocycles. The minimum absolute atomic E-state index is 0.191. The van der Waals surface area contributed by atoms with Gasteiger partial charge in [-0.2, -0.15) is 0 Å². The molecule has 0 fully saturated rings.